The molecule has 6 aliphatic carbocycles. The molecule has 0 aromatic rings. The highest BCUT2D eigenvalue weighted by atomic mass is 16.5. The van der Waals surface area contributed by atoms with Crippen LogP contribution in [-0.2, 0) is 28.7 Å². The molecule has 0 aromatic heterocycles. The number of allylic oxidation sites excluding steroid dienone is 9. The number of hydrogen-bond acceptors (Lipinski definition) is 8. The van der Waals surface area contributed by atoms with Crippen LogP contribution in [0.15, 0.2) is 83.9 Å². The van der Waals surface area contributed by atoms with Crippen LogP contribution in [0.5, 0.6) is 0 Å². The number of aldehydes is 1. The summed E-state index contributed by atoms with van der Waals surface area (Å²) in [6, 6.07) is 0. The number of carbonyl (C=O) groups is 5. The minimum atomic E-state index is -0.242. The van der Waals surface area contributed by atoms with Crippen molar-refractivity contribution in [2.45, 2.75) is 275 Å². The van der Waals surface area contributed by atoms with Gasteiger partial charge in [-0.3, -0.25) is 24.0 Å². The van der Waals surface area contributed by atoms with E-state index in [4.69, 9.17) is 9.84 Å². The van der Waals surface area contributed by atoms with Crippen LogP contribution in [0.4, 0.5) is 0 Å². The van der Waals surface area contributed by atoms with Gasteiger partial charge in [-0.2, -0.15) is 0 Å². The summed E-state index contributed by atoms with van der Waals surface area (Å²) in [5, 5.41) is 18.8. The Bertz CT molecular complexity index is 2000. The summed E-state index contributed by atoms with van der Waals surface area (Å²) < 4.78 is 4.91. The predicted octanol–water partition coefficient (Wildman–Crippen LogP) is 18.4. The summed E-state index contributed by atoms with van der Waals surface area (Å²) >= 11 is 0. The maximum Gasteiger partial charge on any atom is 0.161 e. The van der Waals surface area contributed by atoms with Crippen LogP contribution in [-0.4, -0.2) is 52.8 Å². The minimum Gasteiger partial charge on any atom is -0.515 e. The van der Waals surface area contributed by atoms with Gasteiger partial charge in [0.25, 0.3) is 0 Å². The SMILES string of the molecule is C=CCCC(=O)C1=CCCC(C)(CC)C1.C=CCCC(O)C1=CCCC(C)(CC)C1.CCC1(C)CCC(=O)/C(=C\O)C1.CCC1(C)CCC(=O)/C(=C\OC)C1.CCC1(C)CCC(=O)CC1.CCC1(C)CCC=C(C=O)C1. The van der Waals surface area contributed by atoms with Gasteiger partial charge in [0.1, 0.15) is 12.1 Å². The predicted molar refractivity (Wildman–Crippen MR) is 319 cm³/mol. The highest BCUT2D eigenvalue weighted by Crippen LogP contribution is 2.43. The van der Waals surface area contributed by atoms with Crippen LogP contribution < -0.4 is 0 Å². The van der Waals surface area contributed by atoms with Crippen molar-refractivity contribution in [3.8, 4) is 0 Å². The lowest BCUT2D eigenvalue weighted by molar-refractivity contribution is -0.122. The first-order valence-electron chi connectivity index (χ1n) is 29.9. The van der Waals surface area contributed by atoms with E-state index in [0.717, 1.165) is 151 Å². The Morgan fingerprint density at radius 3 is 1.50 bits per heavy atom. The summed E-state index contributed by atoms with van der Waals surface area (Å²) in [5.41, 5.74) is 6.96. The largest absolute Gasteiger partial charge is 0.515 e. The van der Waals surface area contributed by atoms with Gasteiger partial charge in [-0.1, -0.05) is 152 Å². The molecule has 0 amide bonds. The second kappa shape index (κ2) is 34.9. The minimum absolute atomic E-state index is 0.114. The summed E-state index contributed by atoms with van der Waals surface area (Å²) in [7, 11) is 1.60. The van der Waals surface area contributed by atoms with Gasteiger partial charge in [-0.25, -0.2) is 0 Å². The van der Waals surface area contributed by atoms with Crippen LogP contribution in [0.25, 0.3) is 0 Å². The number of carbonyl (C=O) groups excluding carboxylic acids is 5. The van der Waals surface area contributed by atoms with E-state index >= 15 is 0 Å². The number of rotatable bonds is 16. The monoisotopic (exact) mass is 1060 g/mol. The number of methoxy groups -OCH3 is 1. The van der Waals surface area contributed by atoms with Crippen LogP contribution in [0.2, 0.25) is 0 Å². The molecule has 0 aliphatic heterocycles. The van der Waals surface area contributed by atoms with Gasteiger partial charge in [0, 0.05) is 43.3 Å². The molecule has 2 N–H and O–H groups in total. The second-order valence-corrected chi connectivity index (χ2v) is 25.4. The van der Waals surface area contributed by atoms with Crippen molar-refractivity contribution in [1.82, 2.24) is 0 Å². The normalized spacial score (nSPS) is 29.4. The molecule has 432 valence electrons. The molecule has 0 spiro atoms. The van der Waals surface area contributed by atoms with Crippen LogP contribution >= 0.6 is 0 Å². The Kier molecular flexibility index (Phi) is 32.2. The van der Waals surface area contributed by atoms with Crippen molar-refractivity contribution in [1.29, 1.82) is 0 Å². The summed E-state index contributed by atoms with van der Waals surface area (Å²) in [6.07, 6.45) is 42.4. The molecule has 8 heteroatoms. The first-order chi connectivity index (χ1) is 35.8. The van der Waals surface area contributed by atoms with Crippen molar-refractivity contribution < 1.29 is 38.9 Å². The first-order valence-corrected chi connectivity index (χ1v) is 29.9. The fraction of sp³-hybridized carbons (Fsp3) is 0.721. The van der Waals surface area contributed by atoms with E-state index in [1.54, 1.807) is 13.4 Å². The van der Waals surface area contributed by atoms with E-state index in [-0.39, 0.29) is 23.1 Å². The van der Waals surface area contributed by atoms with E-state index in [1.807, 2.05) is 12.2 Å². The fourth-order valence-electron chi connectivity index (χ4n) is 11.0. The highest BCUT2D eigenvalue weighted by molar-refractivity contribution is 5.96. The number of aliphatic hydroxyl groups is 2. The molecule has 6 atom stereocenters. The molecule has 6 unspecified atom stereocenters. The maximum absolute atomic E-state index is 11.8. The molecular formula is C68H112O8. The van der Waals surface area contributed by atoms with Gasteiger partial charge < -0.3 is 14.9 Å². The molecule has 6 aliphatic rings. The van der Waals surface area contributed by atoms with Crippen LogP contribution in [0.1, 0.15) is 269 Å². The van der Waals surface area contributed by atoms with Crippen LogP contribution in [0, 0.1) is 32.5 Å². The number of Topliss-reactive ketones (excluding diaryl/α,β-unsaturated/α-hetero) is 4. The van der Waals surface area contributed by atoms with E-state index in [0.29, 0.717) is 63.5 Å². The van der Waals surface area contributed by atoms with Crippen molar-refractivity contribution in [3.63, 3.8) is 0 Å². The van der Waals surface area contributed by atoms with Crippen molar-refractivity contribution >= 4 is 29.4 Å². The lowest BCUT2D eigenvalue weighted by atomic mass is 9.72. The Morgan fingerprint density at radius 1 is 0.592 bits per heavy atom. The Balaban J connectivity index is 0.000000458. The summed E-state index contributed by atoms with van der Waals surface area (Å²) in [6.45, 7) is 34.1. The fourth-order valence-corrected chi connectivity index (χ4v) is 11.0. The second-order valence-electron chi connectivity index (χ2n) is 25.4. The molecule has 8 nitrogen and oxygen atoms in total. The standard InChI is InChI=1S/C14H24O.C14H22O.C11H18O2.C10H16O2.C10H16O.C9H16O/c2*1-4-6-9-13(15)12-8-7-10-14(3,5-2)11-12;1-4-11(2)6-5-10(12)9(7-11)8-13-3;1-3-10(2)5-4-9(12)8(6-10)7-11;1-3-10(2)6-4-5-9(7-10)8-11;1-3-9(2)6-4-8(10)5-7-9/h4,8,13,15H,1,5-7,9-11H2,2-3H3;4,8H,1,5-7,9-11H2,2-3H3;8H,4-7H2,1-3H3;7,11H,3-6H2,1-2H3;5,8H,3-4,6-7H2,1-2H3;3-7H2,1-2H3/b;;9-8-;8-7-;;. The molecule has 3 fully saturated rings. The summed E-state index contributed by atoms with van der Waals surface area (Å²) in [4.78, 5) is 55.8. The van der Waals surface area contributed by atoms with Crippen molar-refractivity contribution in [2.24, 2.45) is 32.5 Å². The zero-order valence-corrected chi connectivity index (χ0v) is 51.0. The lowest BCUT2D eigenvalue weighted by Crippen LogP contribution is -2.25. The van der Waals surface area contributed by atoms with E-state index in [2.05, 4.69) is 114 Å². The maximum atomic E-state index is 11.8. The smallest absolute Gasteiger partial charge is 0.161 e. The topological polar surface area (TPSA) is 135 Å². The van der Waals surface area contributed by atoms with Crippen molar-refractivity contribution in [3.05, 3.63) is 83.9 Å². The van der Waals surface area contributed by atoms with Gasteiger partial charge >= 0.3 is 0 Å². The Labute approximate surface area is 465 Å². The van der Waals surface area contributed by atoms with Gasteiger partial charge in [0.15, 0.2) is 17.3 Å². The quantitative estimate of drug-likeness (QED) is 0.0675. The number of ketones is 4. The third-order valence-electron chi connectivity index (χ3n) is 18.9. The molecular weight excluding hydrogens is 945 g/mol. The molecule has 3 saturated carbocycles. The zero-order chi connectivity index (χ0) is 57.6. The summed E-state index contributed by atoms with van der Waals surface area (Å²) in [5.74, 6) is 1.16. The molecule has 76 heavy (non-hydrogen) atoms. The van der Waals surface area contributed by atoms with Gasteiger partial charge in [-0.15, -0.1) is 13.2 Å². The molecule has 0 heterocycles. The molecule has 0 aromatic carbocycles. The Morgan fingerprint density at radius 2 is 1.03 bits per heavy atom. The average molecular weight is 1060 g/mol. The number of aliphatic hydroxyl groups excluding tert-OH is 2. The average Bonchev–Trinajstić information content (AvgIpc) is 3.43. The van der Waals surface area contributed by atoms with Crippen molar-refractivity contribution in [2.75, 3.05) is 7.11 Å². The van der Waals surface area contributed by atoms with Gasteiger partial charge in [0.05, 0.1) is 25.7 Å². The molecule has 0 saturated heterocycles. The molecule has 0 bridgehead atoms. The Hall–Kier alpha value is -3.91. The van der Waals surface area contributed by atoms with E-state index < -0.39 is 0 Å². The highest BCUT2D eigenvalue weighted by Gasteiger charge is 2.34. The van der Waals surface area contributed by atoms with Gasteiger partial charge in [0.2, 0.25) is 0 Å². The third kappa shape index (κ3) is 25.3. The van der Waals surface area contributed by atoms with E-state index in [9.17, 15) is 29.1 Å². The third-order valence-corrected chi connectivity index (χ3v) is 18.9. The van der Waals surface area contributed by atoms with Crippen LogP contribution in [0.3, 0.4) is 0 Å². The number of hydrogen-bond donors (Lipinski definition) is 2. The molecule has 0 radical (unpaired) electrons. The van der Waals surface area contributed by atoms with Gasteiger partial charge in [-0.05, 0) is 165 Å². The molecule has 6 rings (SSSR count). The van der Waals surface area contributed by atoms with E-state index in [1.165, 1.54) is 50.5 Å². The number of ether oxygens (including phenoxy) is 1. The zero-order valence-electron chi connectivity index (χ0n) is 51.0. The lowest BCUT2D eigenvalue weighted by Gasteiger charge is -2.34. The first kappa shape index (κ1) is 70.1.